The van der Waals surface area contributed by atoms with E-state index in [9.17, 15) is 5.11 Å². The first kappa shape index (κ1) is 21.9. The molecule has 2 nitrogen and oxygen atoms in total. The van der Waals surface area contributed by atoms with Crippen molar-refractivity contribution >= 4 is 0 Å². The number of rotatable bonds is 3. The summed E-state index contributed by atoms with van der Waals surface area (Å²) in [5.74, 6) is 0.475. The van der Waals surface area contributed by atoms with E-state index in [1.165, 1.54) is 36.0 Å². The van der Waals surface area contributed by atoms with E-state index < -0.39 is 0 Å². The number of hydrogen-bond donors (Lipinski definition) is 1. The first-order valence-corrected chi connectivity index (χ1v) is 11.2. The normalized spacial score (nSPS) is 17.3. The van der Waals surface area contributed by atoms with Crippen LogP contribution in [0.2, 0.25) is 0 Å². The van der Waals surface area contributed by atoms with Gasteiger partial charge in [0.2, 0.25) is 0 Å². The molecule has 0 saturated carbocycles. The van der Waals surface area contributed by atoms with E-state index >= 15 is 0 Å². The van der Waals surface area contributed by atoms with Crippen molar-refractivity contribution in [2.45, 2.75) is 84.6 Å². The van der Waals surface area contributed by atoms with Gasteiger partial charge in [-0.15, -0.1) is 0 Å². The van der Waals surface area contributed by atoms with E-state index in [4.69, 9.17) is 0 Å². The van der Waals surface area contributed by atoms with Gasteiger partial charge in [-0.2, -0.15) is 0 Å². The van der Waals surface area contributed by atoms with Crippen molar-refractivity contribution in [2.24, 2.45) is 0 Å². The molecule has 0 aliphatic carbocycles. The Morgan fingerprint density at radius 2 is 1.52 bits per heavy atom. The Kier molecular flexibility index (Phi) is 6.15. The highest BCUT2D eigenvalue weighted by Crippen LogP contribution is 2.43. The molecule has 0 spiro atoms. The van der Waals surface area contributed by atoms with Crippen LogP contribution in [0.4, 0.5) is 0 Å². The van der Waals surface area contributed by atoms with Gasteiger partial charge in [-0.1, -0.05) is 83.9 Å². The first-order valence-electron chi connectivity index (χ1n) is 11.2. The summed E-state index contributed by atoms with van der Waals surface area (Å²) >= 11 is 0. The number of phenols is 1. The number of aromatic hydroxyl groups is 1. The molecule has 0 bridgehead atoms. The fourth-order valence-corrected chi connectivity index (χ4v) is 4.47. The van der Waals surface area contributed by atoms with Gasteiger partial charge in [0, 0.05) is 5.56 Å². The van der Waals surface area contributed by atoms with Crippen molar-refractivity contribution in [1.29, 1.82) is 0 Å². The molecule has 1 atom stereocenters. The molecule has 0 amide bonds. The van der Waals surface area contributed by atoms with Gasteiger partial charge in [-0.05, 0) is 66.4 Å². The molecule has 1 fully saturated rings. The SMILES string of the molecule is Cc1cccc(C(c2cc(C(C)(C)C)cc(C(C)(C)C)c2O)N2CCCCC2)c1. The van der Waals surface area contributed by atoms with Crippen molar-refractivity contribution in [3.8, 4) is 5.75 Å². The minimum atomic E-state index is -0.112. The molecule has 1 saturated heterocycles. The predicted molar refractivity (Wildman–Crippen MR) is 124 cm³/mol. The second-order valence-electron chi connectivity index (χ2n) is 10.9. The van der Waals surface area contributed by atoms with Crippen molar-refractivity contribution in [2.75, 3.05) is 13.1 Å². The third-order valence-electron chi connectivity index (χ3n) is 6.22. The number of aryl methyl sites for hydroxylation is 1. The minimum absolute atomic E-state index is 0.0293. The van der Waals surface area contributed by atoms with Gasteiger partial charge in [0.1, 0.15) is 5.75 Å². The second kappa shape index (κ2) is 8.14. The maximum Gasteiger partial charge on any atom is 0.124 e. The number of piperidine rings is 1. The van der Waals surface area contributed by atoms with Gasteiger partial charge < -0.3 is 5.11 Å². The molecule has 2 heteroatoms. The predicted octanol–water partition coefficient (Wildman–Crippen LogP) is 6.87. The van der Waals surface area contributed by atoms with E-state index in [2.05, 4.69) is 89.8 Å². The van der Waals surface area contributed by atoms with E-state index in [1.807, 2.05) is 0 Å². The van der Waals surface area contributed by atoms with Crippen LogP contribution in [0.5, 0.6) is 5.75 Å². The third kappa shape index (κ3) is 4.86. The molecular formula is C27H39NO. The van der Waals surface area contributed by atoms with Crippen LogP contribution < -0.4 is 0 Å². The fraction of sp³-hybridized carbons (Fsp3) is 0.556. The van der Waals surface area contributed by atoms with Gasteiger partial charge >= 0.3 is 0 Å². The minimum Gasteiger partial charge on any atom is -0.507 e. The topological polar surface area (TPSA) is 23.5 Å². The molecule has 29 heavy (non-hydrogen) atoms. The Morgan fingerprint density at radius 3 is 2.07 bits per heavy atom. The van der Waals surface area contributed by atoms with Crippen LogP contribution >= 0.6 is 0 Å². The van der Waals surface area contributed by atoms with Gasteiger partial charge in [-0.3, -0.25) is 4.90 Å². The summed E-state index contributed by atoms with van der Waals surface area (Å²) in [6.07, 6.45) is 3.76. The van der Waals surface area contributed by atoms with Crippen LogP contribution in [0, 0.1) is 6.92 Å². The van der Waals surface area contributed by atoms with Crippen LogP contribution in [0.25, 0.3) is 0 Å². The molecule has 1 aliphatic heterocycles. The summed E-state index contributed by atoms with van der Waals surface area (Å²) in [7, 11) is 0. The zero-order valence-electron chi connectivity index (χ0n) is 19.5. The summed E-state index contributed by atoms with van der Waals surface area (Å²) in [6, 6.07) is 13.4. The maximum absolute atomic E-state index is 11.5. The number of likely N-dealkylation sites (tertiary alicyclic amines) is 1. The smallest absolute Gasteiger partial charge is 0.124 e. The summed E-state index contributed by atoms with van der Waals surface area (Å²) < 4.78 is 0. The lowest BCUT2D eigenvalue weighted by atomic mass is 9.77. The summed E-state index contributed by atoms with van der Waals surface area (Å²) in [4.78, 5) is 2.58. The Balaban J connectivity index is 2.26. The highest BCUT2D eigenvalue weighted by Gasteiger charge is 2.31. The standard InChI is InChI=1S/C27H39NO/c1-19-12-11-13-20(16-19)24(28-14-9-8-10-15-28)22-17-21(26(2,3)4)18-23(25(22)29)27(5,6)7/h11-13,16-18,24,29H,8-10,14-15H2,1-7H3. The Labute approximate surface area is 178 Å². The lowest BCUT2D eigenvalue weighted by Gasteiger charge is -2.37. The quantitative estimate of drug-likeness (QED) is 0.615. The number of benzene rings is 2. The van der Waals surface area contributed by atoms with Crippen LogP contribution in [0.15, 0.2) is 36.4 Å². The van der Waals surface area contributed by atoms with E-state index in [-0.39, 0.29) is 16.9 Å². The second-order valence-corrected chi connectivity index (χ2v) is 10.9. The number of hydrogen-bond acceptors (Lipinski definition) is 2. The first-order chi connectivity index (χ1) is 13.5. The highest BCUT2D eigenvalue weighted by molar-refractivity contribution is 5.52. The van der Waals surface area contributed by atoms with Crippen LogP contribution in [-0.2, 0) is 10.8 Å². The van der Waals surface area contributed by atoms with Gasteiger partial charge in [-0.25, -0.2) is 0 Å². The van der Waals surface area contributed by atoms with Crippen molar-refractivity contribution < 1.29 is 5.11 Å². The summed E-state index contributed by atoms with van der Waals surface area (Å²) in [5.41, 5.74) is 5.88. The van der Waals surface area contributed by atoms with Gasteiger partial charge in [0.05, 0.1) is 6.04 Å². The zero-order valence-corrected chi connectivity index (χ0v) is 19.5. The van der Waals surface area contributed by atoms with Gasteiger partial charge in [0.15, 0.2) is 0 Å². The van der Waals surface area contributed by atoms with Crippen molar-refractivity contribution in [3.63, 3.8) is 0 Å². The molecule has 2 aromatic rings. The monoisotopic (exact) mass is 393 g/mol. The Hall–Kier alpha value is -1.80. The fourth-order valence-electron chi connectivity index (χ4n) is 4.47. The highest BCUT2D eigenvalue weighted by atomic mass is 16.3. The Morgan fingerprint density at radius 1 is 0.862 bits per heavy atom. The lowest BCUT2D eigenvalue weighted by molar-refractivity contribution is 0.184. The average molecular weight is 394 g/mol. The van der Waals surface area contributed by atoms with E-state index in [0.29, 0.717) is 5.75 Å². The largest absolute Gasteiger partial charge is 0.507 e. The molecule has 0 radical (unpaired) electrons. The molecular weight excluding hydrogens is 354 g/mol. The molecule has 0 aromatic heterocycles. The molecule has 1 aliphatic rings. The van der Waals surface area contributed by atoms with Crippen LogP contribution in [-0.4, -0.2) is 23.1 Å². The molecule has 158 valence electrons. The van der Waals surface area contributed by atoms with Gasteiger partial charge in [0.25, 0.3) is 0 Å². The van der Waals surface area contributed by atoms with Crippen molar-refractivity contribution in [1.82, 2.24) is 4.90 Å². The zero-order chi connectivity index (χ0) is 21.4. The van der Waals surface area contributed by atoms with Crippen LogP contribution in [0.1, 0.15) is 94.7 Å². The third-order valence-corrected chi connectivity index (χ3v) is 6.22. The average Bonchev–Trinajstić information content (AvgIpc) is 2.62. The molecule has 1 heterocycles. The summed E-state index contributed by atoms with van der Waals surface area (Å²) in [6.45, 7) is 17.7. The lowest BCUT2D eigenvalue weighted by Crippen LogP contribution is -2.35. The number of phenolic OH excluding ortho intramolecular Hbond substituents is 1. The van der Waals surface area contributed by atoms with Crippen molar-refractivity contribution in [3.05, 3.63) is 64.2 Å². The molecule has 3 rings (SSSR count). The Bertz CT molecular complexity index is 848. The molecule has 1 N–H and O–H groups in total. The summed E-state index contributed by atoms with van der Waals surface area (Å²) in [5, 5.41) is 11.5. The maximum atomic E-state index is 11.5. The van der Waals surface area contributed by atoms with E-state index in [1.54, 1.807) is 0 Å². The van der Waals surface area contributed by atoms with E-state index in [0.717, 1.165) is 24.2 Å². The molecule has 2 aromatic carbocycles. The molecule has 1 unspecified atom stereocenters. The number of nitrogens with zero attached hydrogens (tertiary/aromatic N) is 1. The van der Waals surface area contributed by atoms with Crippen LogP contribution in [0.3, 0.4) is 0 Å².